The first-order chi connectivity index (χ1) is 14.5. The summed E-state index contributed by atoms with van der Waals surface area (Å²) in [6, 6.07) is 12.6. The van der Waals surface area contributed by atoms with Crippen molar-refractivity contribution in [3.05, 3.63) is 64.2 Å². The molecule has 1 aliphatic heterocycles. The molecule has 0 spiro atoms. The van der Waals surface area contributed by atoms with E-state index in [1.54, 1.807) is 29.7 Å². The third-order valence-corrected chi connectivity index (χ3v) is 5.40. The first-order valence-corrected chi connectivity index (χ1v) is 9.78. The molecule has 0 saturated carbocycles. The molecule has 0 radical (unpaired) electrons. The Kier molecular flexibility index (Phi) is 5.31. The number of nitrogens with zero attached hydrogens (tertiary/aromatic N) is 3. The van der Waals surface area contributed by atoms with Crippen LogP contribution in [0.1, 0.15) is 22.6 Å². The number of aromatic nitrogens is 3. The lowest BCUT2D eigenvalue weighted by molar-refractivity contribution is 0.0766. The van der Waals surface area contributed by atoms with E-state index in [1.165, 1.54) is 6.07 Å². The Bertz CT molecular complexity index is 1130. The molecule has 0 aliphatic carbocycles. The number of aromatic amines is 1. The summed E-state index contributed by atoms with van der Waals surface area (Å²) >= 11 is 0. The topological polar surface area (TPSA) is 89.5 Å². The highest BCUT2D eigenvalue weighted by Crippen LogP contribution is 2.29. The number of benzene rings is 1. The molecule has 156 valence electrons. The van der Waals surface area contributed by atoms with Gasteiger partial charge in [0.15, 0.2) is 0 Å². The van der Waals surface area contributed by atoms with Crippen molar-refractivity contribution in [3.8, 4) is 22.8 Å². The van der Waals surface area contributed by atoms with Gasteiger partial charge in [0.25, 0.3) is 11.5 Å². The van der Waals surface area contributed by atoms with Gasteiger partial charge < -0.3 is 18.9 Å². The Labute approximate surface area is 174 Å². The van der Waals surface area contributed by atoms with E-state index in [9.17, 15) is 9.59 Å². The lowest BCUT2D eigenvalue weighted by Gasteiger charge is -2.17. The van der Waals surface area contributed by atoms with Gasteiger partial charge in [-0.3, -0.25) is 14.7 Å². The van der Waals surface area contributed by atoms with Crippen LogP contribution in [0.25, 0.3) is 11.3 Å². The summed E-state index contributed by atoms with van der Waals surface area (Å²) in [5.74, 6) is 1.10. The average Bonchev–Trinajstić information content (AvgIpc) is 3.41. The van der Waals surface area contributed by atoms with Gasteiger partial charge in [-0.15, -0.1) is 0 Å². The molecule has 1 saturated heterocycles. The number of para-hydroxylation sites is 1. The second kappa shape index (κ2) is 8.06. The Hall–Kier alpha value is -3.55. The number of hydrogen-bond acceptors (Lipinski definition) is 5. The average molecular weight is 408 g/mol. The monoisotopic (exact) mass is 408 g/mol. The maximum atomic E-state index is 12.9. The SMILES string of the molecule is COc1ccccc1-c1cc(C(=O)N2CCC(Oc3cc(C)n(C)c(=O)c3)C2)[nH]n1. The smallest absolute Gasteiger partial charge is 0.272 e. The molecule has 1 aromatic carbocycles. The number of pyridine rings is 1. The molecule has 8 nitrogen and oxygen atoms in total. The fourth-order valence-corrected chi connectivity index (χ4v) is 3.60. The minimum atomic E-state index is -0.155. The van der Waals surface area contributed by atoms with Gasteiger partial charge in [-0.05, 0) is 31.2 Å². The van der Waals surface area contributed by atoms with Gasteiger partial charge in [0, 0.05) is 37.3 Å². The van der Waals surface area contributed by atoms with E-state index in [1.807, 2.05) is 37.3 Å². The van der Waals surface area contributed by atoms with Crippen molar-refractivity contribution in [2.75, 3.05) is 20.2 Å². The van der Waals surface area contributed by atoms with E-state index in [2.05, 4.69) is 10.2 Å². The first-order valence-electron chi connectivity index (χ1n) is 9.78. The zero-order valence-corrected chi connectivity index (χ0v) is 17.2. The second-order valence-electron chi connectivity index (χ2n) is 7.38. The maximum absolute atomic E-state index is 12.9. The molecule has 1 N–H and O–H groups in total. The molecule has 1 aliphatic rings. The molecule has 1 amide bonds. The zero-order chi connectivity index (χ0) is 21.3. The molecule has 1 fully saturated rings. The van der Waals surface area contributed by atoms with E-state index >= 15 is 0 Å². The van der Waals surface area contributed by atoms with Crippen LogP contribution < -0.4 is 15.0 Å². The highest BCUT2D eigenvalue weighted by molar-refractivity contribution is 5.93. The van der Waals surface area contributed by atoms with Crippen molar-refractivity contribution < 1.29 is 14.3 Å². The summed E-state index contributed by atoms with van der Waals surface area (Å²) in [7, 11) is 3.33. The van der Waals surface area contributed by atoms with Crippen LogP contribution >= 0.6 is 0 Å². The molecule has 3 aromatic rings. The van der Waals surface area contributed by atoms with Gasteiger partial charge in [0.05, 0.1) is 19.3 Å². The standard InChI is InChI=1S/C22H24N4O4/c1-14-10-16(11-21(27)25(14)2)30-15-8-9-26(13-15)22(28)19-12-18(23-24-19)17-6-4-5-7-20(17)29-3/h4-7,10-12,15H,8-9,13H2,1-3H3,(H,23,24). The Balaban J connectivity index is 1.44. The summed E-state index contributed by atoms with van der Waals surface area (Å²) in [4.78, 5) is 26.6. The minimum absolute atomic E-state index is 0.114. The fourth-order valence-electron chi connectivity index (χ4n) is 3.60. The number of likely N-dealkylation sites (tertiary alicyclic amines) is 1. The Morgan fingerprint density at radius 2 is 2.03 bits per heavy atom. The summed E-state index contributed by atoms with van der Waals surface area (Å²) in [6.07, 6.45) is 0.546. The summed E-state index contributed by atoms with van der Waals surface area (Å²) in [6.45, 7) is 2.89. The number of methoxy groups -OCH3 is 1. The van der Waals surface area contributed by atoms with E-state index < -0.39 is 0 Å². The second-order valence-corrected chi connectivity index (χ2v) is 7.38. The fraction of sp³-hybridized carbons (Fsp3) is 0.318. The number of aryl methyl sites for hydroxylation is 1. The summed E-state index contributed by atoms with van der Waals surface area (Å²) in [5.41, 5.74) is 2.60. The van der Waals surface area contributed by atoms with Gasteiger partial charge >= 0.3 is 0 Å². The van der Waals surface area contributed by atoms with Crippen LogP contribution in [0, 0.1) is 6.92 Å². The number of carbonyl (C=O) groups is 1. The number of rotatable bonds is 5. The van der Waals surface area contributed by atoms with Crippen molar-refractivity contribution in [1.82, 2.24) is 19.7 Å². The molecule has 0 bridgehead atoms. The predicted molar refractivity (Wildman–Crippen MR) is 112 cm³/mol. The van der Waals surface area contributed by atoms with Crippen molar-refractivity contribution in [2.24, 2.45) is 7.05 Å². The first kappa shape index (κ1) is 19.8. The number of carbonyl (C=O) groups excluding carboxylic acids is 1. The lowest BCUT2D eigenvalue weighted by Crippen LogP contribution is -2.31. The van der Waals surface area contributed by atoms with E-state index in [4.69, 9.17) is 9.47 Å². The van der Waals surface area contributed by atoms with Crippen molar-refractivity contribution in [3.63, 3.8) is 0 Å². The molecule has 3 heterocycles. The third-order valence-electron chi connectivity index (χ3n) is 5.40. The van der Waals surface area contributed by atoms with Crippen molar-refractivity contribution in [1.29, 1.82) is 0 Å². The van der Waals surface area contributed by atoms with Crippen molar-refractivity contribution in [2.45, 2.75) is 19.4 Å². The number of amides is 1. The molecule has 2 aromatic heterocycles. The Morgan fingerprint density at radius 3 is 2.80 bits per heavy atom. The summed E-state index contributed by atoms with van der Waals surface area (Å²) < 4.78 is 12.9. The van der Waals surface area contributed by atoms with Crippen LogP contribution in [0.2, 0.25) is 0 Å². The van der Waals surface area contributed by atoms with Gasteiger partial charge in [-0.2, -0.15) is 5.10 Å². The van der Waals surface area contributed by atoms with E-state index in [0.29, 0.717) is 42.4 Å². The van der Waals surface area contributed by atoms with Crippen LogP contribution in [0.3, 0.4) is 0 Å². The van der Waals surface area contributed by atoms with Gasteiger partial charge in [-0.25, -0.2) is 0 Å². The zero-order valence-electron chi connectivity index (χ0n) is 17.2. The number of H-pyrrole nitrogens is 1. The normalized spacial score (nSPS) is 16.0. The van der Waals surface area contributed by atoms with Crippen LogP contribution in [0.4, 0.5) is 0 Å². The van der Waals surface area contributed by atoms with Gasteiger partial charge in [0.2, 0.25) is 0 Å². The van der Waals surface area contributed by atoms with Crippen LogP contribution in [-0.2, 0) is 7.05 Å². The minimum Gasteiger partial charge on any atom is -0.496 e. The van der Waals surface area contributed by atoms with E-state index in [-0.39, 0.29) is 17.6 Å². The molecule has 30 heavy (non-hydrogen) atoms. The highest BCUT2D eigenvalue weighted by atomic mass is 16.5. The van der Waals surface area contributed by atoms with E-state index in [0.717, 1.165) is 11.3 Å². The molecular formula is C22H24N4O4. The predicted octanol–water partition coefficient (Wildman–Crippen LogP) is 2.39. The molecule has 1 atom stereocenters. The van der Waals surface area contributed by atoms with Crippen LogP contribution in [0.5, 0.6) is 11.5 Å². The van der Waals surface area contributed by atoms with Crippen LogP contribution in [-0.4, -0.2) is 51.9 Å². The molecule has 4 rings (SSSR count). The molecular weight excluding hydrogens is 384 g/mol. The lowest BCUT2D eigenvalue weighted by atomic mass is 10.1. The molecule has 8 heteroatoms. The number of hydrogen-bond donors (Lipinski definition) is 1. The van der Waals surface area contributed by atoms with Crippen molar-refractivity contribution >= 4 is 5.91 Å². The summed E-state index contributed by atoms with van der Waals surface area (Å²) in [5, 5.41) is 7.12. The van der Waals surface area contributed by atoms with Gasteiger partial charge in [-0.1, -0.05) is 12.1 Å². The number of nitrogens with one attached hydrogen (secondary N) is 1. The highest BCUT2D eigenvalue weighted by Gasteiger charge is 2.29. The quantitative estimate of drug-likeness (QED) is 0.700. The number of ether oxygens (including phenoxy) is 2. The third kappa shape index (κ3) is 3.80. The molecule has 1 unspecified atom stereocenters. The van der Waals surface area contributed by atoms with Gasteiger partial charge in [0.1, 0.15) is 23.3 Å². The largest absolute Gasteiger partial charge is 0.496 e. The maximum Gasteiger partial charge on any atom is 0.272 e. The Morgan fingerprint density at radius 1 is 1.23 bits per heavy atom. The van der Waals surface area contributed by atoms with Crippen LogP contribution in [0.15, 0.2) is 47.3 Å².